The standard InChI is InChI=1S/C22H20N6O3/c1-12-17-18(14-4-2-5-15(14)24-21(17)31-26-12)22(29)28-11-3-6-16(28)20-25-19(27-30-20)13-7-9-23-10-8-13/h7-10,16H,2-6,11H2,1H3. The number of rotatable bonds is 3. The van der Waals surface area contributed by atoms with Crippen molar-refractivity contribution in [1.29, 1.82) is 0 Å². The number of nitrogens with zero attached hydrogens (tertiary/aromatic N) is 6. The van der Waals surface area contributed by atoms with E-state index in [1.165, 1.54) is 0 Å². The molecule has 1 aliphatic carbocycles. The van der Waals surface area contributed by atoms with Crippen LogP contribution in [0.15, 0.2) is 33.6 Å². The van der Waals surface area contributed by atoms with Gasteiger partial charge in [-0.1, -0.05) is 10.3 Å². The second kappa shape index (κ2) is 6.97. The lowest BCUT2D eigenvalue weighted by atomic mass is 10.0. The van der Waals surface area contributed by atoms with E-state index in [0.29, 0.717) is 35.2 Å². The number of fused-ring (bicyclic) bond motifs is 2. The number of amides is 1. The molecule has 4 aromatic heterocycles. The summed E-state index contributed by atoms with van der Waals surface area (Å²) in [6, 6.07) is 3.41. The fourth-order valence-corrected chi connectivity index (χ4v) is 4.75. The van der Waals surface area contributed by atoms with Crippen LogP contribution in [0.4, 0.5) is 0 Å². The van der Waals surface area contributed by atoms with Gasteiger partial charge in [0.15, 0.2) is 0 Å². The molecule has 1 aliphatic heterocycles. The number of aromatic nitrogens is 5. The van der Waals surface area contributed by atoms with E-state index in [4.69, 9.17) is 9.05 Å². The fraction of sp³-hybridized carbons (Fsp3) is 0.364. The van der Waals surface area contributed by atoms with Crippen molar-refractivity contribution >= 4 is 17.0 Å². The van der Waals surface area contributed by atoms with Crippen molar-refractivity contribution in [2.75, 3.05) is 6.54 Å². The second-order valence-corrected chi connectivity index (χ2v) is 8.06. The molecule has 6 rings (SSSR count). The number of carbonyl (C=O) groups is 1. The van der Waals surface area contributed by atoms with Crippen LogP contribution in [0.2, 0.25) is 0 Å². The van der Waals surface area contributed by atoms with E-state index < -0.39 is 0 Å². The number of likely N-dealkylation sites (tertiary alicyclic amines) is 1. The lowest BCUT2D eigenvalue weighted by molar-refractivity contribution is 0.0711. The Bertz CT molecular complexity index is 1300. The van der Waals surface area contributed by atoms with Gasteiger partial charge in [0.1, 0.15) is 6.04 Å². The van der Waals surface area contributed by atoms with Crippen molar-refractivity contribution < 1.29 is 13.8 Å². The smallest absolute Gasteiger partial charge is 0.259 e. The predicted octanol–water partition coefficient (Wildman–Crippen LogP) is 3.44. The first-order chi connectivity index (χ1) is 15.2. The third kappa shape index (κ3) is 2.83. The van der Waals surface area contributed by atoms with Gasteiger partial charge in [0.25, 0.3) is 11.6 Å². The molecule has 4 aromatic rings. The lowest BCUT2D eigenvalue weighted by Gasteiger charge is -2.23. The SMILES string of the molecule is Cc1noc2nc3c(c(C(=O)N4CCCC4c4nc(-c5ccncc5)no4)c12)CCC3. The zero-order chi connectivity index (χ0) is 20.9. The minimum absolute atomic E-state index is 0.0389. The minimum Gasteiger partial charge on any atom is -0.337 e. The molecule has 31 heavy (non-hydrogen) atoms. The largest absolute Gasteiger partial charge is 0.337 e. The van der Waals surface area contributed by atoms with Crippen LogP contribution in [-0.2, 0) is 12.8 Å². The molecule has 1 atom stereocenters. The van der Waals surface area contributed by atoms with E-state index in [1.54, 1.807) is 12.4 Å². The zero-order valence-electron chi connectivity index (χ0n) is 17.0. The number of hydrogen-bond acceptors (Lipinski definition) is 8. The van der Waals surface area contributed by atoms with Crippen molar-refractivity contribution in [2.24, 2.45) is 0 Å². The normalized spacial score (nSPS) is 18.1. The quantitative estimate of drug-likeness (QED) is 0.499. The van der Waals surface area contributed by atoms with Crippen LogP contribution in [0.25, 0.3) is 22.5 Å². The topological polar surface area (TPSA) is 111 Å². The van der Waals surface area contributed by atoms with Gasteiger partial charge in [-0.2, -0.15) is 4.98 Å². The molecule has 0 saturated carbocycles. The van der Waals surface area contributed by atoms with Crippen LogP contribution in [0, 0.1) is 6.92 Å². The van der Waals surface area contributed by atoms with Crippen molar-refractivity contribution in [3.63, 3.8) is 0 Å². The predicted molar refractivity (Wildman–Crippen MR) is 109 cm³/mol. The fourth-order valence-electron chi connectivity index (χ4n) is 4.75. The highest BCUT2D eigenvalue weighted by atomic mass is 16.5. The second-order valence-electron chi connectivity index (χ2n) is 8.06. The summed E-state index contributed by atoms with van der Waals surface area (Å²) in [5.74, 6) is 0.920. The Kier molecular flexibility index (Phi) is 4.09. The third-order valence-corrected chi connectivity index (χ3v) is 6.21. The lowest BCUT2D eigenvalue weighted by Crippen LogP contribution is -2.32. The first-order valence-electron chi connectivity index (χ1n) is 10.5. The molecule has 0 spiro atoms. The first-order valence-corrected chi connectivity index (χ1v) is 10.5. The summed E-state index contributed by atoms with van der Waals surface area (Å²) in [4.78, 5) is 28.9. The van der Waals surface area contributed by atoms with Crippen molar-refractivity contribution in [1.82, 2.24) is 30.2 Å². The van der Waals surface area contributed by atoms with Crippen molar-refractivity contribution in [3.8, 4) is 11.4 Å². The number of carbonyl (C=O) groups excluding carboxylic acids is 1. The Morgan fingerprint density at radius 3 is 2.84 bits per heavy atom. The summed E-state index contributed by atoms with van der Waals surface area (Å²) in [6.07, 6.45) is 7.72. The van der Waals surface area contributed by atoms with Crippen LogP contribution in [0.3, 0.4) is 0 Å². The Hall–Kier alpha value is -3.62. The Morgan fingerprint density at radius 2 is 1.97 bits per heavy atom. The molecular weight excluding hydrogens is 396 g/mol. The molecule has 0 radical (unpaired) electrons. The van der Waals surface area contributed by atoms with Gasteiger partial charge in [-0.15, -0.1) is 0 Å². The summed E-state index contributed by atoms with van der Waals surface area (Å²) in [7, 11) is 0. The van der Waals surface area contributed by atoms with Crippen LogP contribution in [0.1, 0.15) is 58.5 Å². The number of aryl methyl sites for hydroxylation is 2. The molecule has 0 N–H and O–H groups in total. The van der Waals surface area contributed by atoms with E-state index in [-0.39, 0.29) is 11.9 Å². The average molecular weight is 416 g/mol. The molecule has 1 fully saturated rings. The van der Waals surface area contributed by atoms with E-state index in [0.717, 1.165) is 54.3 Å². The van der Waals surface area contributed by atoms with E-state index in [2.05, 4.69) is 25.3 Å². The Labute approximate surface area is 177 Å². The van der Waals surface area contributed by atoms with Crippen LogP contribution in [0.5, 0.6) is 0 Å². The molecule has 9 heteroatoms. The summed E-state index contributed by atoms with van der Waals surface area (Å²) in [5.41, 5.74) is 4.61. The molecule has 0 aromatic carbocycles. The highest BCUT2D eigenvalue weighted by Gasteiger charge is 2.38. The first kappa shape index (κ1) is 18.2. The molecule has 156 valence electrons. The molecule has 0 bridgehead atoms. The van der Waals surface area contributed by atoms with Gasteiger partial charge in [-0.25, -0.2) is 4.98 Å². The highest BCUT2D eigenvalue weighted by molar-refractivity contribution is 6.07. The third-order valence-electron chi connectivity index (χ3n) is 6.21. The Balaban J connectivity index is 1.40. The molecule has 2 aliphatic rings. The summed E-state index contributed by atoms with van der Waals surface area (Å²) < 4.78 is 11.0. The van der Waals surface area contributed by atoms with Gasteiger partial charge in [0, 0.05) is 30.2 Å². The zero-order valence-corrected chi connectivity index (χ0v) is 17.0. The van der Waals surface area contributed by atoms with E-state index in [9.17, 15) is 4.79 Å². The molecule has 1 saturated heterocycles. The molecular formula is C22H20N6O3. The van der Waals surface area contributed by atoms with Crippen LogP contribution in [-0.4, -0.2) is 42.6 Å². The van der Waals surface area contributed by atoms with Gasteiger partial charge < -0.3 is 13.9 Å². The number of pyridine rings is 2. The maximum absolute atomic E-state index is 13.9. The molecule has 1 amide bonds. The summed E-state index contributed by atoms with van der Waals surface area (Å²) in [6.45, 7) is 2.49. The maximum atomic E-state index is 13.9. The van der Waals surface area contributed by atoms with Gasteiger partial charge >= 0.3 is 0 Å². The molecule has 9 nitrogen and oxygen atoms in total. The summed E-state index contributed by atoms with van der Waals surface area (Å²) in [5, 5.41) is 8.91. The van der Waals surface area contributed by atoms with Crippen molar-refractivity contribution in [2.45, 2.75) is 45.1 Å². The number of hydrogen-bond donors (Lipinski definition) is 0. The Morgan fingerprint density at radius 1 is 1.10 bits per heavy atom. The average Bonchev–Trinajstić information content (AvgIpc) is 3.58. The van der Waals surface area contributed by atoms with Gasteiger partial charge in [0.05, 0.1) is 16.6 Å². The van der Waals surface area contributed by atoms with E-state index in [1.807, 2.05) is 24.0 Å². The van der Waals surface area contributed by atoms with Gasteiger partial charge in [-0.3, -0.25) is 9.78 Å². The molecule has 1 unspecified atom stereocenters. The maximum Gasteiger partial charge on any atom is 0.259 e. The van der Waals surface area contributed by atoms with Gasteiger partial charge in [-0.05, 0) is 56.7 Å². The van der Waals surface area contributed by atoms with Crippen molar-refractivity contribution in [3.05, 3.63) is 52.9 Å². The minimum atomic E-state index is -0.254. The molecule has 5 heterocycles. The van der Waals surface area contributed by atoms with Crippen LogP contribution < -0.4 is 0 Å². The van der Waals surface area contributed by atoms with E-state index >= 15 is 0 Å². The monoisotopic (exact) mass is 416 g/mol. The summed E-state index contributed by atoms with van der Waals surface area (Å²) >= 11 is 0. The van der Waals surface area contributed by atoms with Crippen LogP contribution >= 0.6 is 0 Å². The van der Waals surface area contributed by atoms with Gasteiger partial charge in [0.2, 0.25) is 11.7 Å². The highest BCUT2D eigenvalue weighted by Crippen LogP contribution is 2.37.